The van der Waals surface area contributed by atoms with Gasteiger partial charge in [0.2, 0.25) is 0 Å². The Balaban J connectivity index is 1.02. The summed E-state index contributed by atoms with van der Waals surface area (Å²) in [5.74, 6) is 0.886. The molecule has 8 rings (SSSR count). The number of fused-ring (bicyclic) bond motifs is 2. The highest BCUT2D eigenvalue weighted by molar-refractivity contribution is 7.19. The van der Waals surface area contributed by atoms with Gasteiger partial charge in [-0.2, -0.15) is 0 Å². The van der Waals surface area contributed by atoms with Crippen LogP contribution >= 0.6 is 22.7 Å². The summed E-state index contributed by atoms with van der Waals surface area (Å²) in [4.78, 5) is 40.4. The van der Waals surface area contributed by atoms with E-state index in [9.17, 15) is 4.79 Å². The van der Waals surface area contributed by atoms with E-state index in [4.69, 9.17) is 0 Å². The molecule has 0 atom stereocenters. The highest BCUT2D eigenvalue weighted by Gasteiger charge is 2.23. The van der Waals surface area contributed by atoms with E-state index >= 15 is 0 Å². The third kappa shape index (κ3) is 7.48. The summed E-state index contributed by atoms with van der Waals surface area (Å²) < 4.78 is 0. The Morgan fingerprint density at radius 1 is 0.537 bits per heavy atom. The zero-order valence-electron chi connectivity index (χ0n) is 29.4. The van der Waals surface area contributed by atoms with Gasteiger partial charge in [0.05, 0.1) is 33.2 Å². The second-order valence-electron chi connectivity index (χ2n) is 12.8. The lowest BCUT2D eigenvalue weighted by molar-refractivity contribution is 0.103. The van der Waals surface area contributed by atoms with E-state index in [1.165, 1.54) is 22.7 Å². The average Bonchev–Trinajstić information content (AvgIpc) is 3.86. The van der Waals surface area contributed by atoms with Gasteiger partial charge in [-0.25, -0.2) is 9.97 Å². The first-order chi connectivity index (χ1) is 26.3. The maximum atomic E-state index is 13.7. The summed E-state index contributed by atoms with van der Waals surface area (Å²) in [7, 11) is 0. The van der Waals surface area contributed by atoms with Gasteiger partial charge >= 0.3 is 0 Å². The second kappa shape index (κ2) is 14.8. The van der Waals surface area contributed by atoms with E-state index in [2.05, 4.69) is 71.6 Å². The van der Waals surface area contributed by atoms with Crippen LogP contribution in [0.5, 0.6) is 0 Å². The van der Waals surface area contributed by atoms with Crippen LogP contribution in [0.25, 0.3) is 43.2 Å². The van der Waals surface area contributed by atoms with Gasteiger partial charge in [-0.05, 0) is 64.1 Å². The SMILES string of the molecule is CC(C)Nc1cc(Nc2ccc3nccnc3c2)ncc1-c1nnc(C(=O)c2nnc(-c3cnc(Nc4ccc5nccnc5c4)cc3NC(C)C)s2)s1. The monoisotopic (exact) mass is 752 g/mol. The molecule has 54 heavy (non-hydrogen) atoms. The van der Waals surface area contributed by atoms with Gasteiger partial charge in [-0.1, -0.05) is 22.7 Å². The van der Waals surface area contributed by atoms with Crippen molar-refractivity contribution in [2.45, 2.75) is 39.8 Å². The molecule has 17 heteroatoms. The Morgan fingerprint density at radius 2 is 0.963 bits per heavy atom. The summed E-state index contributed by atoms with van der Waals surface area (Å²) in [6.45, 7) is 8.18. The molecule has 0 aliphatic heterocycles. The summed E-state index contributed by atoms with van der Waals surface area (Å²) in [6, 6.07) is 15.6. The van der Waals surface area contributed by atoms with Crippen molar-refractivity contribution in [3.05, 3.63) is 95.7 Å². The minimum Gasteiger partial charge on any atom is -0.382 e. The lowest BCUT2D eigenvalue weighted by Gasteiger charge is -2.15. The number of hydrogen-bond acceptors (Lipinski definition) is 17. The molecule has 0 fully saturated rings. The van der Waals surface area contributed by atoms with Crippen LogP contribution in [-0.4, -0.2) is 68.2 Å². The molecule has 0 aliphatic rings. The van der Waals surface area contributed by atoms with Crippen molar-refractivity contribution in [3.8, 4) is 21.1 Å². The molecule has 8 aromatic rings. The number of pyridine rings is 2. The zero-order valence-corrected chi connectivity index (χ0v) is 31.1. The third-order valence-corrected chi connectivity index (χ3v) is 9.79. The van der Waals surface area contributed by atoms with Crippen molar-refractivity contribution in [3.63, 3.8) is 0 Å². The van der Waals surface area contributed by atoms with Gasteiger partial charge in [0.25, 0.3) is 5.78 Å². The van der Waals surface area contributed by atoms with Gasteiger partial charge in [-0.15, -0.1) is 20.4 Å². The van der Waals surface area contributed by atoms with Gasteiger partial charge in [0, 0.05) is 84.1 Å². The van der Waals surface area contributed by atoms with Crippen LogP contribution < -0.4 is 21.3 Å². The molecule has 0 amide bonds. The smallest absolute Gasteiger partial charge is 0.254 e. The summed E-state index contributed by atoms with van der Waals surface area (Å²) in [6.07, 6.45) is 10.1. The number of nitrogens with one attached hydrogen (secondary N) is 4. The summed E-state index contributed by atoms with van der Waals surface area (Å²) in [5.41, 5.74) is 7.83. The fourth-order valence-electron chi connectivity index (χ4n) is 5.57. The fourth-order valence-corrected chi connectivity index (χ4v) is 7.25. The Kier molecular flexibility index (Phi) is 9.45. The maximum absolute atomic E-state index is 13.7. The molecule has 0 bridgehead atoms. The standard InChI is InChI=1S/C37H32N14OS2/c1-19(2)44-27-15-31(46-21-5-7-25-29(13-21)40-11-9-38-25)42-17-23(27)34-48-50-36(53-34)33(52)37-51-49-35(54-37)24-18-43-32(16-28(24)45-20(3)4)47-22-6-8-26-30(14-22)41-12-10-39-26/h5-20H,1-4H3,(H2,42,44,46)(H2,43,45,47). The number of benzene rings is 2. The first kappa shape index (κ1) is 34.5. The van der Waals surface area contributed by atoms with Crippen molar-refractivity contribution in [2.75, 3.05) is 21.3 Å². The number of anilines is 6. The molecule has 268 valence electrons. The van der Waals surface area contributed by atoms with E-state index in [1.807, 2.05) is 76.2 Å². The molecule has 0 aliphatic carbocycles. The molecule has 0 saturated carbocycles. The van der Waals surface area contributed by atoms with Crippen molar-refractivity contribution in [2.24, 2.45) is 0 Å². The highest BCUT2D eigenvalue weighted by Crippen LogP contribution is 2.36. The molecular formula is C37H32N14OS2. The average molecular weight is 753 g/mol. The topological polar surface area (TPSA) is 194 Å². The van der Waals surface area contributed by atoms with Gasteiger partial charge < -0.3 is 21.3 Å². The minimum absolute atomic E-state index is 0.117. The van der Waals surface area contributed by atoms with E-state index in [0.717, 1.165) is 44.8 Å². The quantitative estimate of drug-likeness (QED) is 0.0884. The van der Waals surface area contributed by atoms with Crippen LogP contribution in [0.2, 0.25) is 0 Å². The minimum atomic E-state index is -0.365. The number of hydrogen-bond donors (Lipinski definition) is 4. The van der Waals surface area contributed by atoms with Crippen molar-refractivity contribution in [1.82, 2.24) is 50.3 Å². The van der Waals surface area contributed by atoms with E-state index < -0.39 is 0 Å². The maximum Gasteiger partial charge on any atom is 0.254 e. The Bertz CT molecular complexity index is 2460. The molecule has 4 N–H and O–H groups in total. The second-order valence-corrected chi connectivity index (χ2v) is 14.7. The van der Waals surface area contributed by atoms with Gasteiger partial charge in [0.15, 0.2) is 20.0 Å². The number of rotatable bonds is 12. The van der Waals surface area contributed by atoms with E-state index in [-0.39, 0.29) is 27.9 Å². The van der Waals surface area contributed by atoms with E-state index in [0.29, 0.717) is 32.8 Å². The largest absolute Gasteiger partial charge is 0.382 e. The number of carbonyl (C=O) groups is 1. The van der Waals surface area contributed by atoms with Gasteiger partial charge in [-0.3, -0.25) is 24.7 Å². The molecular weight excluding hydrogens is 721 g/mol. The third-order valence-electron chi connectivity index (χ3n) is 7.88. The van der Waals surface area contributed by atoms with Crippen molar-refractivity contribution >= 4 is 84.9 Å². The number of ketones is 1. The van der Waals surface area contributed by atoms with Crippen LogP contribution in [0.4, 0.5) is 34.4 Å². The van der Waals surface area contributed by atoms with Gasteiger partial charge in [0.1, 0.15) is 11.6 Å². The zero-order chi connectivity index (χ0) is 37.2. The predicted molar refractivity (Wildman–Crippen MR) is 213 cm³/mol. The first-order valence-electron chi connectivity index (χ1n) is 17.0. The Labute approximate surface area is 316 Å². The summed E-state index contributed by atoms with van der Waals surface area (Å²) in [5, 5.41) is 32.4. The number of nitrogens with zero attached hydrogens (tertiary/aromatic N) is 10. The lowest BCUT2D eigenvalue weighted by Crippen LogP contribution is -2.11. The van der Waals surface area contributed by atoms with Crippen LogP contribution in [0, 0.1) is 0 Å². The molecule has 0 radical (unpaired) electrons. The first-order valence-corrected chi connectivity index (χ1v) is 18.6. The molecule has 6 heterocycles. The van der Waals surface area contributed by atoms with Crippen molar-refractivity contribution in [1.29, 1.82) is 0 Å². The highest BCUT2D eigenvalue weighted by atomic mass is 32.1. The fraction of sp³-hybridized carbons (Fsp3) is 0.162. The van der Waals surface area contributed by atoms with Crippen LogP contribution in [0.3, 0.4) is 0 Å². The van der Waals surface area contributed by atoms with E-state index in [1.54, 1.807) is 37.2 Å². The summed E-state index contributed by atoms with van der Waals surface area (Å²) >= 11 is 2.34. The molecule has 15 nitrogen and oxygen atoms in total. The number of carbonyl (C=O) groups excluding carboxylic acids is 1. The van der Waals surface area contributed by atoms with Crippen LogP contribution in [0.1, 0.15) is 42.5 Å². The molecule has 6 aromatic heterocycles. The van der Waals surface area contributed by atoms with Crippen molar-refractivity contribution < 1.29 is 4.79 Å². The molecule has 2 aromatic carbocycles. The predicted octanol–water partition coefficient (Wildman–Crippen LogP) is 7.76. The Hall–Kier alpha value is -6.59. The Morgan fingerprint density at radius 3 is 1.39 bits per heavy atom. The molecule has 0 saturated heterocycles. The lowest BCUT2D eigenvalue weighted by atomic mass is 10.2. The molecule has 0 unspecified atom stereocenters. The normalized spacial score (nSPS) is 11.4. The van der Waals surface area contributed by atoms with Crippen LogP contribution in [0.15, 0.2) is 85.7 Å². The van der Waals surface area contributed by atoms with Crippen LogP contribution in [-0.2, 0) is 0 Å². The molecule has 0 spiro atoms. The number of aromatic nitrogens is 10.